The molecule has 0 fully saturated rings. The van der Waals surface area contributed by atoms with Crippen molar-refractivity contribution in [1.82, 2.24) is 0 Å². The predicted octanol–water partition coefficient (Wildman–Crippen LogP) is 5.51. The van der Waals surface area contributed by atoms with E-state index in [1.807, 2.05) is 65.8 Å². The summed E-state index contributed by atoms with van der Waals surface area (Å²) < 4.78 is 11.3. The molecule has 0 unspecified atom stereocenters. The second kappa shape index (κ2) is 8.05. The third kappa shape index (κ3) is 3.99. The molecule has 0 radical (unpaired) electrons. The predicted molar refractivity (Wildman–Crippen MR) is 106 cm³/mol. The quantitative estimate of drug-likeness (QED) is 0.384. The minimum absolute atomic E-state index is 0.00280. The van der Waals surface area contributed by atoms with E-state index in [0.29, 0.717) is 11.1 Å². The van der Waals surface area contributed by atoms with Crippen LogP contribution in [-0.2, 0) is 4.57 Å². The maximum absolute atomic E-state index is 13.2. The Bertz CT molecular complexity index is 781. The zero-order chi connectivity index (χ0) is 19.6. The van der Waals surface area contributed by atoms with E-state index in [0.717, 1.165) is 33.4 Å². The van der Waals surface area contributed by atoms with Gasteiger partial charge in [0.05, 0.1) is 5.92 Å². The molecule has 0 aromatic heterocycles. The molecule has 0 aliphatic heterocycles. The van der Waals surface area contributed by atoms with Gasteiger partial charge < -0.3 is 0 Å². The van der Waals surface area contributed by atoms with Crippen LogP contribution in [0.1, 0.15) is 54.1 Å². The molecule has 26 heavy (non-hydrogen) atoms. The van der Waals surface area contributed by atoms with E-state index in [-0.39, 0.29) is 26.2 Å². The molecule has 0 heterocycles. The third-order valence-electron chi connectivity index (χ3n) is 4.74. The maximum atomic E-state index is 13.2. The fourth-order valence-corrected chi connectivity index (χ4v) is 4.33. The lowest BCUT2D eigenvalue weighted by molar-refractivity contribution is 0.0822. The molecule has 136 valence electrons. The molecule has 4 heteroatoms. The number of hydrogen-bond acceptors (Lipinski definition) is 3. The second-order valence-electron chi connectivity index (χ2n) is 7.14. The van der Waals surface area contributed by atoms with Crippen molar-refractivity contribution in [3.05, 3.63) is 68.8 Å². The van der Waals surface area contributed by atoms with Crippen LogP contribution >= 0.6 is 8.46 Å². The van der Waals surface area contributed by atoms with Gasteiger partial charge in [-0.3, -0.25) is 14.2 Å². The Balaban J connectivity index is 2.55. The molecule has 0 spiro atoms. The zero-order valence-electron chi connectivity index (χ0n) is 16.3. The van der Waals surface area contributed by atoms with Crippen molar-refractivity contribution in [3.8, 4) is 0 Å². The van der Waals surface area contributed by atoms with E-state index in [9.17, 15) is 14.2 Å². The Kier molecular flexibility index (Phi) is 6.26. The first-order valence-electron chi connectivity index (χ1n) is 8.70. The van der Waals surface area contributed by atoms with E-state index in [1.54, 1.807) is 0 Å². The summed E-state index contributed by atoms with van der Waals surface area (Å²) in [6.07, 6.45) is -0.00280. The number of ketones is 2. The van der Waals surface area contributed by atoms with Crippen molar-refractivity contribution in [1.29, 1.82) is 0 Å². The lowest BCUT2D eigenvalue weighted by Crippen LogP contribution is -2.28. The van der Waals surface area contributed by atoms with Gasteiger partial charge in [-0.2, -0.15) is 0 Å². The number of aryl methyl sites for hydroxylation is 6. The minimum atomic E-state index is -0.936. The van der Waals surface area contributed by atoms with Crippen LogP contribution < -0.4 is 0 Å². The number of rotatable bonds is 6. The van der Waals surface area contributed by atoms with Crippen LogP contribution in [0.25, 0.3) is 0 Å². The smallest absolute Gasteiger partial charge is 0.175 e. The monoisotopic (exact) mass is 368 g/mol. The summed E-state index contributed by atoms with van der Waals surface area (Å²) in [5.41, 5.74) is 6.70. The fourth-order valence-electron chi connectivity index (χ4n) is 3.85. The van der Waals surface area contributed by atoms with Crippen molar-refractivity contribution < 1.29 is 14.2 Å². The summed E-state index contributed by atoms with van der Waals surface area (Å²) in [6, 6.07) is 7.77. The standard InChI is InChI=1S/C22H25O3P/c1-12-7-14(3)19(15(4)8-12)21(23)18(11-26-25)22(24)20-16(5)9-13(2)10-17(20)6/h7-10,18H,11H2,1-6H3. The SMILES string of the molecule is Cc1cc(C)c(C(=O)C(CP=O)C(=O)c2c(C)cc(C)cc2C)c(C)c1. The highest BCUT2D eigenvalue weighted by Gasteiger charge is 2.32. The van der Waals surface area contributed by atoms with Crippen molar-refractivity contribution >= 4 is 20.0 Å². The van der Waals surface area contributed by atoms with Crippen molar-refractivity contribution in [2.75, 3.05) is 6.16 Å². The average molecular weight is 368 g/mol. The van der Waals surface area contributed by atoms with Crippen LogP contribution in [0, 0.1) is 47.5 Å². The van der Waals surface area contributed by atoms with Gasteiger partial charge >= 0.3 is 0 Å². The number of carbonyl (C=O) groups excluding carboxylic acids is 2. The molecule has 3 nitrogen and oxygen atoms in total. The van der Waals surface area contributed by atoms with Crippen molar-refractivity contribution in [2.45, 2.75) is 41.5 Å². The highest BCUT2D eigenvalue weighted by Crippen LogP contribution is 2.27. The first-order chi connectivity index (χ1) is 12.2. The molecule has 0 saturated heterocycles. The summed E-state index contributed by atoms with van der Waals surface area (Å²) in [4.78, 5) is 26.5. The van der Waals surface area contributed by atoms with Crippen LogP contribution in [-0.4, -0.2) is 17.7 Å². The molecule has 0 amide bonds. The summed E-state index contributed by atoms with van der Waals surface area (Å²) in [6.45, 7) is 11.5. The van der Waals surface area contributed by atoms with E-state index >= 15 is 0 Å². The maximum Gasteiger partial charge on any atom is 0.175 e. The number of carbonyl (C=O) groups is 2. The lowest BCUT2D eigenvalue weighted by atomic mass is 9.84. The number of benzene rings is 2. The minimum Gasteiger partial charge on any atom is -0.293 e. The highest BCUT2D eigenvalue weighted by molar-refractivity contribution is 7.23. The normalized spacial score (nSPS) is 11.2. The summed E-state index contributed by atoms with van der Waals surface area (Å²) in [5.74, 6) is -1.42. The van der Waals surface area contributed by atoms with Gasteiger partial charge in [-0.05, 0) is 63.8 Å². The van der Waals surface area contributed by atoms with E-state index in [2.05, 4.69) is 0 Å². The molecule has 2 aromatic rings. The van der Waals surface area contributed by atoms with Crippen molar-refractivity contribution in [2.24, 2.45) is 5.92 Å². The zero-order valence-corrected chi connectivity index (χ0v) is 17.2. The third-order valence-corrected chi connectivity index (χ3v) is 5.25. The fraction of sp³-hybridized carbons (Fsp3) is 0.364. The molecular formula is C22H25O3P. The Labute approximate surface area is 157 Å². The van der Waals surface area contributed by atoms with Crippen LogP contribution in [0.5, 0.6) is 0 Å². The van der Waals surface area contributed by atoms with Crippen LogP contribution in [0.3, 0.4) is 0 Å². The molecule has 0 aliphatic rings. The van der Waals surface area contributed by atoms with Gasteiger partial charge in [0, 0.05) is 17.3 Å². The Morgan fingerprint density at radius 1 is 0.731 bits per heavy atom. The van der Waals surface area contributed by atoms with Gasteiger partial charge in [0.1, 0.15) is 0 Å². The molecule has 0 bridgehead atoms. The van der Waals surface area contributed by atoms with Gasteiger partial charge in [-0.25, -0.2) is 0 Å². The molecule has 0 atom stereocenters. The first kappa shape index (κ1) is 20.2. The molecule has 2 rings (SSSR count). The van der Waals surface area contributed by atoms with E-state index < -0.39 is 5.92 Å². The van der Waals surface area contributed by atoms with E-state index in [4.69, 9.17) is 0 Å². The van der Waals surface area contributed by atoms with Crippen LogP contribution in [0.15, 0.2) is 24.3 Å². The molecule has 2 aromatic carbocycles. The van der Waals surface area contributed by atoms with Gasteiger partial charge in [0.25, 0.3) is 0 Å². The second-order valence-corrected chi connectivity index (χ2v) is 7.76. The molecule has 0 N–H and O–H groups in total. The summed E-state index contributed by atoms with van der Waals surface area (Å²) >= 11 is 0. The molecular weight excluding hydrogens is 343 g/mol. The Hall–Kier alpha value is -2.12. The largest absolute Gasteiger partial charge is 0.293 e. The van der Waals surface area contributed by atoms with Gasteiger partial charge in [-0.1, -0.05) is 35.4 Å². The Morgan fingerprint density at radius 3 is 1.31 bits per heavy atom. The highest BCUT2D eigenvalue weighted by atomic mass is 31.1. The van der Waals surface area contributed by atoms with Gasteiger partial charge in [0.2, 0.25) is 0 Å². The van der Waals surface area contributed by atoms with Gasteiger partial charge in [-0.15, -0.1) is 0 Å². The summed E-state index contributed by atoms with van der Waals surface area (Å²) in [5, 5.41) is 0. The topological polar surface area (TPSA) is 51.2 Å². The van der Waals surface area contributed by atoms with Crippen LogP contribution in [0.4, 0.5) is 0 Å². The molecule has 0 aliphatic carbocycles. The van der Waals surface area contributed by atoms with E-state index in [1.165, 1.54) is 0 Å². The lowest BCUT2D eigenvalue weighted by Gasteiger charge is -2.18. The number of hydrogen-bond donors (Lipinski definition) is 0. The van der Waals surface area contributed by atoms with Crippen LogP contribution in [0.2, 0.25) is 0 Å². The average Bonchev–Trinajstić information content (AvgIpc) is 2.50. The number of Topliss-reactive ketones (excluding diaryl/α,β-unsaturated/α-hetero) is 2. The van der Waals surface area contributed by atoms with Crippen molar-refractivity contribution in [3.63, 3.8) is 0 Å². The Morgan fingerprint density at radius 2 is 1.04 bits per heavy atom. The summed E-state index contributed by atoms with van der Waals surface area (Å²) in [7, 11) is -0.201. The molecule has 0 saturated carbocycles. The first-order valence-corrected chi connectivity index (χ1v) is 9.70. The van der Waals surface area contributed by atoms with Gasteiger partial charge in [0.15, 0.2) is 20.0 Å².